The second-order valence-electron chi connectivity index (χ2n) is 5.75. The van der Waals surface area contributed by atoms with Crippen LogP contribution in [0, 0.1) is 10.1 Å². The number of hydrogen-bond donors (Lipinski definition) is 1. The van der Waals surface area contributed by atoms with Crippen LogP contribution in [0.2, 0.25) is 0 Å². The summed E-state index contributed by atoms with van der Waals surface area (Å²) in [5, 5.41) is 18.6. The Kier molecular flexibility index (Phi) is 4.57. The van der Waals surface area contributed by atoms with Crippen molar-refractivity contribution in [1.82, 2.24) is 20.0 Å². The van der Waals surface area contributed by atoms with Gasteiger partial charge in [0.25, 0.3) is 11.6 Å². The molecule has 0 aliphatic carbocycles. The number of hydrogen-bond acceptors (Lipinski definition) is 5. The van der Waals surface area contributed by atoms with Crippen molar-refractivity contribution in [1.29, 1.82) is 0 Å². The summed E-state index contributed by atoms with van der Waals surface area (Å²) in [6.07, 6.45) is 3.40. The van der Waals surface area contributed by atoms with Gasteiger partial charge in [0.15, 0.2) is 5.69 Å². The van der Waals surface area contributed by atoms with Gasteiger partial charge in [0, 0.05) is 31.4 Å². The van der Waals surface area contributed by atoms with E-state index in [2.05, 4.69) is 10.4 Å². The van der Waals surface area contributed by atoms with Crippen molar-refractivity contribution in [3.8, 4) is 5.69 Å². The first-order valence-electron chi connectivity index (χ1n) is 7.86. The second kappa shape index (κ2) is 6.79. The lowest BCUT2D eigenvalue weighted by Crippen LogP contribution is -2.44. The first-order valence-corrected chi connectivity index (χ1v) is 7.86. The SMILES string of the molecule is CNC1CCN(C(=O)c2ccn(-c3ccccc3[N+](=O)[O-])n2)CC1. The van der Waals surface area contributed by atoms with E-state index in [1.807, 2.05) is 7.05 Å². The zero-order valence-electron chi connectivity index (χ0n) is 13.4. The van der Waals surface area contributed by atoms with Gasteiger partial charge in [0.2, 0.25) is 0 Å². The topological polar surface area (TPSA) is 93.3 Å². The fourth-order valence-electron chi connectivity index (χ4n) is 2.92. The number of aromatic nitrogens is 2. The van der Waals surface area contributed by atoms with E-state index in [9.17, 15) is 14.9 Å². The van der Waals surface area contributed by atoms with Crippen LogP contribution >= 0.6 is 0 Å². The summed E-state index contributed by atoms with van der Waals surface area (Å²) < 4.78 is 1.38. The van der Waals surface area contributed by atoms with Crippen molar-refractivity contribution in [3.05, 3.63) is 52.3 Å². The van der Waals surface area contributed by atoms with Crippen molar-refractivity contribution in [3.63, 3.8) is 0 Å². The third-order valence-electron chi connectivity index (χ3n) is 4.32. The number of carbonyl (C=O) groups is 1. The smallest absolute Gasteiger partial charge is 0.294 e. The molecule has 1 fully saturated rings. The predicted octanol–water partition coefficient (Wildman–Crippen LogP) is 1.60. The fourth-order valence-corrected chi connectivity index (χ4v) is 2.92. The van der Waals surface area contributed by atoms with Gasteiger partial charge in [0.1, 0.15) is 5.69 Å². The number of piperidine rings is 1. The molecule has 24 heavy (non-hydrogen) atoms. The number of carbonyl (C=O) groups excluding carboxylic acids is 1. The summed E-state index contributed by atoms with van der Waals surface area (Å²) in [6.45, 7) is 1.37. The molecule has 0 unspecified atom stereocenters. The number of para-hydroxylation sites is 2. The summed E-state index contributed by atoms with van der Waals surface area (Å²) in [5.41, 5.74) is 0.598. The molecule has 1 aliphatic rings. The molecule has 0 spiro atoms. The van der Waals surface area contributed by atoms with Crippen LogP contribution in [0.4, 0.5) is 5.69 Å². The van der Waals surface area contributed by atoms with Crippen LogP contribution in [0.15, 0.2) is 36.5 Å². The minimum Gasteiger partial charge on any atom is -0.337 e. The minimum absolute atomic E-state index is 0.0468. The average Bonchev–Trinajstić information content (AvgIpc) is 3.11. The number of amides is 1. The zero-order valence-corrected chi connectivity index (χ0v) is 13.4. The number of benzene rings is 1. The lowest BCUT2D eigenvalue weighted by atomic mass is 10.1. The number of nitrogens with one attached hydrogen (secondary N) is 1. The minimum atomic E-state index is -0.457. The van der Waals surface area contributed by atoms with Gasteiger partial charge in [-0.3, -0.25) is 14.9 Å². The van der Waals surface area contributed by atoms with E-state index >= 15 is 0 Å². The lowest BCUT2D eigenvalue weighted by molar-refractivity contribution is -0.384. The van der Waals surface area contributed by atoms with E-state index in [0.717, 1.165) is 12.8 Å². The Bertz CT molecular complexity index is 750. The molecule has 2 aromatic rings. The van der Waals surface area contributed by atoms with Crippen molar-refractivity contribution < 1.29 is 9.72 Å². The molecule has 0 radical (unpaired) electrons. The molecule has 1 amide bonds. The Hall–Kier alpha value is -2.74. The number of rotatable bonds is 4. The van der Waals surface area contributed by atoms with Gasteiger partial charge in [-0.1, -0.05) is 12.1 Å². The maximum absolute atomic E-state index is 12.6. The predicted molar refractivity (Wildman–Crippen MR) is 88.2 cm³/mol. The third-order valence-corrected chi connectivity index (χ3v) is 4.32. The van der Waals surface area contributed by atoms with Crippen LogP contribution in [0.3, 0.4) is 0 Å². The molecule has 0 saturated carbocycles. The molecule has 1 saturated heterocycles. The summed E-state index contributed by atoms with van der Waals surface area (Å²) in [6, 6.07) is 8.37. The normalized spacial score (nSPS) is 15.5. The van der Waals surface area contributed by atoms with E-state index in [4.69, 9.17) is 0 Å². The monoisotopic (exact) mass is 329 g/mol. The van der Waals surface area contributed by atoms with E-state index in [0.29, 0.717) is 30.5 Å². The Balaban J connectivity index is 1.79. The summed E-state index contributed by atoms with van der Waals surface area (Å²) in [4.78, 5) is 25.0. The van der Waals surface area contributed by atoms with Gasteiger partial charge < -0.3 is 10.2 Å². The van der Waals surface area contributed by atoms with Crippen LogP contribution in [-0.2, 0) is 0 Å². The van der Waals surface area contributed by atoms with Crippen molar-refractivity contribution in [2.75, 3.05) is 20.1 Å². The quantitative estimate of drug-likeness (QED) is 0.679. The third kappa shape index (κ3) is 3.13. The van der Waals surface area contributed by atoms with Crippen LogP contribution in [0.25, 0.3) is 5.69 Å². The molecule has 8 heteroatoms. The van der Waals surface area contributed by atoms with Crippen LogP contribution < -0.4 is 5.32 Å². The van der Waals surface area contributed by atoms with Crippen LogP contribution in [0.1, 0.15) is 23.3 Å². The molecule has 2 heterocycles. The Labute approximate surface area is 139 Å². The fraction of sp³-hybridized carbons (Fsp3) is 0.375. The first kappa shape index (κ1) is 16.1. The maximum atomic E-state index is 12.6. The molecule has 1 N–H and O–H groups in total. The molecule has 1 aliphatic heterocycles. The van der Waals surface area contributed by atoms with E-state index in [1.54, 1.807) is 35.4 Å². The molecule has 1 aromatic heterocycles. The molecular weight excluding hydrogens is 310 g/mol. The van der Waals surface area contributed by atoms with E-state index < -0.39 is 4.92 Å². The van der Waals surface area contributed by atoms with E-state index in [1.165, 1.54) is 10.7 Å². The molecule has 126 valence electrons. The Morgan fingerprint density at radius 3 is 2.67 bits per heavy atom. The summed E-state index contributed by atoms with van der Waals surface area (Å²) >= 11 is 0. The molecular formula is C16H19N5O3. The first-order chi connectivity index (χ1) is 11.6. The van der Waals surface area contributed by atoms with Crippen LogP contribution in [-0.4, -0.2) is 51.7 Å². The largest absolute Gasteiger partial charge is 0.337 e. The second-order valence-corrected chi connectivity index (χ2v) is 5.75. The van der Waals surface area contributed by atoms with Crippen molar-refractivity contribution in [2.24, 2.45) is 0 Å². The number of nitrogens with zero attached hydrogens (tertiary/aromatic N) is 4. The standard InChI is InChI=1S/C16H19N5O3/c1-17-12-6-9-19(10-7-12)16(22)13-8-11-20(18-13)14-4-2-3-5-15(14)21(23)24/h2-5,8,11-12,17H,6-7,9-10H2,1H3. The zero-order chi connectivity index (χ0) is 17.1. The molecule has 1 aromatic carbocycles. The van der Waals surface area contributed by atoms with Crippen LogP contribution in [0.5, 0.6) is 0 Å². The highest BCUT2D eigenvalue weighted by atomic mass is 16.6. The summed E-state index contributed by atoms with van der Waals surface area (Å²) in [5.74, 6) is -0.137. The molecule has 3 rings (SSSR count). The number of nitro groups is 1. The van der Waals surface area contributed by atoms with E-state index in [-0.39, 0.29) is 11.6 Å². The Morgan fingerprint density at radius 2 is 2.00 bits per heavy atom. The maximum Gasteiger partial charge on any atom is 0.294 e. The van der Waals surface area contributed by atoms with Gasteiger partial charge >= 0.3 is 0 Å². The summed E-state index contributed by atoms with van der Waals surface area (Å²) in [7, 11) is 1.93. The Morgan fingerprint density at radius 1 is 1.29 bits per heavy atom. The van der Waals surface area contributed by atoms with Gasteiger partial charge in [-0.2, -0.15) is 5.10 Å². The van der Waals surface area contributed by atoms with Crippen molar-refractivity contribution >= 4 is 11.6 Å². The van der Waals surface area contributed by atoms with Gasteiger partial charge in [0.05, 0.1) is 4.92 Å². The van der Waals surface area contributed by atoms with Crippen molar-refractivity contribution in [2.45, 2.75) is 18.9 Å². The lowest BCUT2D eigenvalue weighted by Gasteiger charge is -2.31. The molecule has 0 atom stereocenters. The number of likely N-dealkylation sites (tertiary alicyclic amines) is 1. The molecule has 8 nitrogen and oxygen atoms in total. The highest BCUT2D eigenvalue weighted by molar-refractivity contribution is 5.92. The molecule has 0 bridgehead atoms. The highest BCUT2D eigenvalue weighted by Gasteiger charge is 2.25. The van der Waals surface area contributed by atoms with Gasteiger partial charge in [-0.15, -0.1) is 0 Å². The average molecular weight is 329 g/mol. The number of nitro benzene ring substituents is 1. The van der Waals surface area contributed by atoms with Gasteiger partial charge in [-0.25, -0.2) is 4.68 Å². The van der Waals surface area contributed by atoms with Gasteiger partial charge in [-0.05, 0) is 32.0 Å². The highest BCUT2D eigenvalue weighted by Crippen LogP contribution is 2.22.